The Balaban J connectivity index is 3.53. The number of carbonyl (C=O) groups excluding carboxylic acids is 1. The van der Waals surface area contributed by atoms with E-state index in [2.05, 4.69) is 5.32 Å². The van der Waals surface area contributed by atoms with E-state index in [9.17, 15) is 4.79 Å². The maximum atomic E-state index is 10.3. The van der Waals surface area contributed by atoms with Gasteiger partial charge in [-0.3, -0.25) is 0 Å². The van der Waals surface area contributed by atoms with Crippen LogP contribution in [0.4, 0.5) is 4.79 Å². The Kier molecular flexibility index (Phi) is 6.30. The summed E-state index contributed by atoms with van der Waals surface area (Å²) in [6.07, 6.45) is 2.44. The summed E-state index contributed by atoms with van der Waals surface area (Å²) >= 11 is 11.6. The van der Waals surface area contributed by atoms with Crippen LogP contribution < -0.4 is 11.1 Å². The largest absolute Gasteiger partial charge is 0.352 e. The molecule has 0 aromatic carbocycles. The third-order valence-electron chi connectivity index (χ3n) is 1.36. The molecule has 0 bridgehead atoms. The predicted octanol–water partition coefficient (Wildman–Crippen LogP) is 2.02. The molecule has 3 N–H and O–H groups in total. The molecule has 0 aliphatic rings. The van der Waals surface area contributed by atoms with Crippen LogP contribution in [0.3, 0.4) is 0 Å². The Bertz CT molecular complexity index is 143. The van der Waals surface area contributed by atoms with Gasteiger partial charge in [0.25, 0.3) is 0 Å². The van der Waals surface area contributed by atoms with Crippen LogP contribution >= 0.6 is 23.2 Å². The third-order valence-corrected chi connectivity index (χ3v) is 2.05. The first-order chi connectivity index (χ1) is 5.56. The summed E-state index contributed by atoms with van der Waals surface area (Å²) < 4.78 is 0. The molecule has 5 heteroatoms. The molecular formula is C7H14Cl2N2O. The highest BCUT2D eigenvalue weighted by molar-refractivity contribution is 6.23. The molecule has 0 radical (unpaired) electrons. The minimum Gasteiger partial charge on any atom is -0.352 e. The molecule has 0 spiro atoms. The Hall–Kier alpha value is -0.150. The second-order valence-corrected chi connectivity index (χ2v) is 3.74. The molecule has 0 aliphatic heterocycles. The average Bonchev–Trinajstić information content (AvgIpc) is 1.84. The number of amides is 2. The Morgan fingerprint density at radius 2 is 2.17 bits per heavy atom. The van der Waals surface area contributed by atoms with E-state index in [-0.39, 0.29) is 5.38 Å². The lowest BCUT2D eigenvalue weighted by atomic mass is 10.2. The molecule has 0 saturated carbocycles. The summed E-state index contributed by atoms with van der Waals surface area (Å²) in [7, 11) is 0. The maximum Gasteiger partial charge on any atom is 0.313 e. The fourth-order valence-corrected chi connectivity index (χ4v) is 1.68. The van der Waals surface area contributed by atoms with Crippen LogP contribution in [0, 0.1) is 0 Å². The zero-order chi connectivity index (χ0) is 9.56. The van der Waals surface area contributed by atoms with E-state index in [4.69, 9.17) is 28.9 Å². The third kappa shape index (κ3) is 6.55. The van der Waals surface area contributed by atoms with E-state index in [0.29, 0.717) is 6.42 Å². The van der Waals surface area contributed by atoms with Crippen LogP contribution in [0.2, 0.25) is 0 Å². The second kappa shape index (κ2) is 6.38. The van der Waals surface area contributed by atoms with E-state index in [1.54, 1.807) is 0 Å². The van der Waals surface area contributed by atoms with E-state index in [1.807, 2.05) is 6.92 Å². The number of nitrogens with one attached hydrogen (secondary N) is 1. The van der Waals surface area contributed by atoms with Crippen molar-refractivity contribution >= 4 is 29.2 Å². The zero-order valence-electron chi connectivity index (χ0n) is 7.02. The summed E-state index contributed by atoms with van der Waals surface area (Å²) in [5, 5.41) is 2.36. The van der Waals surface area contributed by atoms with Gasteiger partial charge >= 0.3 is 6.03 Å². The number of urea groups is 1. The SMILES string of the molecule is CCCC(Cl)CC(Cl)NC(N)=O. The summed E-state index contributed by atoms with van der Waals surface area (Å²) in [5.41, 5.74) is 4.40. The number of alkyl halides is 2. The highest BCUT2D eigenvalue weighted by Gasteiger charge is 2.11. The van der Waals surface area contributed by atoms with Crippen molar-refractivity contribution in [2.45, 2.75) is 37.1 Å². The van der Waals surface area contributed by atoms with E-state index in [1.165, 1.54) is 0 Å². The van der Waals surface area contributed by atoms with Crippen LogP contribution in [0.5, 0.6) is 0 Å². The van der Waals surface area contributed by atoms with Crippen molar-refractivity contribution in [3.05, 3.63) is 0 Å². The monoisotopic (exact) mass is 212 g/mol. The number of rotatable bonds is 5. The van der Waals surface area contributed by atoms with Gasteiger partial charge in [-0.05, 0) is 12.8 Å². The van der Waals surface area contributed by atoms with Crippen molar-refractivity contribution in [1.29, 1.82) is 0 Å². The molecule has 72 valence electrons. The topological polar surface area (TPSA) is 55.1 Å². The normalized spacial score (nSPS) is 15.2. The first-order valence-electron chi connectivity index (χ1n) is 3.90. The van der Waals surface area contributed by atoms with Crippen molar-refractivity contribution in [3.63, 3.8) is 0 Å². The van der Waals surface area contributed by atoms with Crippen molar-refractivity contribution in [2.24, 2.45) is 5.73 Å². The van der Waals surface area contributed by atoms with Gasteiger partial charge in [0.1, 0.15) is 5.50 Å². The summed E-state index contributed by atoms with van der Waals surface area (Å²) in [4.78, 5) is 10.3. The van der Waals surface area contributed by atoms with Crippen LogP contribution in [0.15, 0.2) is 0 Å². The number of nitrogens with two attached hydrogens (primary N) is 1. The van der Waals surface area contributed by atoms with Gasteiger partial charge in [0.2, 0.25) is 0 Å². The van der Waals surface area contributed by atoms with Crippen LogP contribution in [-0.2, 0) is 0 Å². The zero-order valence-corrected chi connectivity index (χ0v) is 8.53. The maximum absolute atomic E-state index is 10.3. The molecule has 0 heterocycles. The quantitative estimate of drug-likeness (QED) is 0.532. The lowest BCUT2D eigenvalue weighted by molar-refractivity contribution is 0.247. The molecule has 0 aromatic heterocycles. The molecule has 0 aliphatic carbocycles. The summed E-state index contributed by atoms with van der Waals surface area (Å²) in [6.45, 7) is 2.04. The van der Waals surface area contributed by atoms with Gasteiger partial charge in [0.05, 0.1) is 0 Å². The van der Waals surface area contributed by atoms with E-state index < -0.39 is 11.5 Å². The molecular weight excluding hydrogens is 199 g/mol. The van der Waals surface area contributed by atoms with Crippen molar-refractivity contribution in [1.82, 2.24) is 5.32 Å². The standard InChI is InChI=1S/C7H14Cl2N2O/c1-2-3-5(8)4-6(9)11-7(10)12/h5-6H,2-4H2,1H3,(H3,10,11,12). The first kappa shape index (κ1) is 11.8. The number of hydrogen-bond acceptors (Lipinski definition) is 1. The van der Waals surface area contributed by atoms with Crippen LogP contribution in [0.1, 0.15) is 26.2 Å². The summed E-state index contributed by atoms with van der Waals surface area (Å²) in [5.74, 6) is 0. The number of hydrogen-bond donors (Lipinski definition) is 2. The molecule has 0 aromatic rings. The first-order valence-corrected chi connectivity index (χ1v) is 4.77. The van der Waals surface area contributed by atoms with Crippen molar-refractivity contribution in [2.75, 3.05) is 0 Å². The lowest BCUT2D eigenvalue weighted by Crippen LogP contribution is -2.36. The van der Waals surface area contributed by atoms with Gasteiger partial charge in [-0.1, -0.05) is 24.9 Å². The van der Waals surface area contributed by atoms with E-state index in [0.717, 1.165) is 12.8 Å². The molecule has 0 rings (SSSR count). The highest BCUT2D eigenvalue weighted by atomic mass is 35.5. The highest BCUT2D eigenvalue weighted by Crippen LogP contribution is 2.13. The molecule has 0 saturated heterocycles. The Morgan fingerprint density at radius 1 is 1.58 bits per heavy atom. The van der Waals surface area contributed by atoms with Crippen LogP contribution in [0.25, 0.3) is 0 Å². The van der Waals surface area contributed by atoms with Gasteiger partial charge in [-0.25, -0.2) is 4.79 Å². The van der Waals surface area contributed by atoms with Gasteiger partial charge in [0.15, 0.2) is 0 Å². The predicted molar refractivity (Wildman–Crippen MR) is 51.5 cm³/mol. The molecule has 2 amide bonds. The Labute approximate surface area is 82.6 Å². The van der Waals surface area contributed by atoms with Crippen LogP contribution in [-0.4, -0.2) is 16.9 Å². The van der Waals surface area contributed by atoms with Crippen molar-refractivity contribution in [3.8, 4) is 0 Å². The molecule has 12 heavy (non-hydrogen) atoms. The average molecular weight is 213 g/mol. The van der Waals surface area contributed by atoms with Gasteiger partial charge < -0.3 is 11.1 Å². The lowest BCUT2D eigenvalue weighted by Gasteiger charge is -2.13. The molecule has 0 fully saturated rings. The van der Waals surface area contributed by atoms with Crippen molar-refractivity contribution < 1.29 is 4.79 Å². The number of halogens is 2. The molecule has 2 atom stereocenters. The van der Waals surface area contributed by atoms with E-state index >= 15 is 0 Å². The molecule has 2 unspecified atom stereocenters. The fraction of sp³-hybridized carbons (Fsp3) is 0.857. The minimum atomic E-state index is -0.615. The Morgan fingerprint density at radius 3 is 2.58 bits per heavy atom. The second-order valence-electron chi connectivity index (χ2n) is 2.60. The molecule has 3 nitrogen and oxygen atoms in total. The number of carbonyl (C=O) groups is 1. The van der Waals surface area contributed by atoms with Gasteiger partial charge in [0, 0.05) is 5.38 Å². The summed E-state index contributed by atoms with van der Waals surface area (Å²) in [6, 6.07) is -0.615. The minimum absolute atomic E-state index is 0.00403. The van der Waals surface area contributed by atoms with Gasteiger partial charge in [-0.15, -0.1) is 11.6 Å². The fourth-order valence-electron chi connectivity index (χ4n) is 0.869. The number of primary amides is 1. The smallest absolute Gasteiger partial charge is 0.313 e. The van der Waals surface area contributed by atoms with Gasteiger partial charge in [-0.2, -0.15) is 0 Å².